The largest absolute Gasteiger partial charge is 0.444 e. The van der Waals surface area contributed by atoms with E-state index < -0.39 is 23.8 Å². The second-order valence-electron chi connectivity index (χ2n) is 8.84. The lowest BCUT2D eigenvalue weighted by molar-refractivity contribution is -0.136. The summed E-state index contributed by atoms with van der Waals surface area (Å²) in [6.45, 7) is 5.68. The zero-order valence-corrected chi connectivity index (χ0v) is 18.3. The Balaban J connectivity index is 1.79. The molecule has 6 nitrogen and oxygen atoms in total. The number of ketones is 1. The van der Waals surface area contributed by atoms with Gasteiger partial charge in [-0.25, -0.2) is 4.79 Å². The number of carbonyl (C=O) groups is 3. The first kappa shape index (κ1) is 22.5. The summed E-state index contributed by atoms with van der Waals surface area (Å²) < 4.78 is 5.37. The molecule has 6 heteroatoms. The molecular formula is C25H30N2O4. The van der Waals surface area contributed by atoms with E-state index in [0.717, 1.165) is 11.1 Å². The van der Waals surface area contributed by atoms with E-state index in [0.29, 0.717) is 25.8 Å². The number of benzene rings is 2. The van der Waals surface area contributed by atoms with Crippen molar-refractivity contribution in [1.29, 1.82) is 0 Å². The minimum Gasteiger partial charge on any atom is -0.444 e. The molecule has 2 aromatic carbocycles. The third-order valence-electron chi connectivity index (χ3n) is 5.17. The predicted molar refractivity (Wildman–Crippen MR) is 119 cm³/mol. The van der Waals surface area contributed by atoms with Crippen LogP contribution in [0.3, 0.4) is 0 Å². The summed E-state index contributed by atoms with van der Waals surface area (Å²) in [5.41, 5.74) is 1.24. The summed E-state index contributed by atoms with van der Waals surface area (Å²) >= 11 is 0. The molecule has 2 aromatic rings. The summed E-state index contributed by atoms with van der Waals surface area (Å²) in [6, 6.07) is 17.8. The van der Waals surface area contributed by atoms with Crippen LogP contribution in [-0.4, -0.2) is 46.9 Å². The minimum atomic E-state index is -0.818. The molecule has 0 aliphatic carbocycles. The number of likely N-dealkylation sites (tertiary alicyclic amines) is 1. The Labute approximate surface area is 183 Å². The molecule has 31 heavy (non-hydrogen) atoms. The topological polar surface area (TPSA) is 75.7 Å². The molecule has 1 saturated heterocycles. The normalized spacial score (nSPS) is 17.3. The lowest BCUT2D eigenvalue weighted by Crippen LogP contribution is -2.53. The number of hydrogen-bond acceptors (Lipinski definition) is 4. The van der Waals surface area contributed by atoms with Crippen LogP contribution in [0, 0.1) is 0 Å². The standard InChI is InChI=1S/C25H30N2O4/c1-25(2,3)31-24(30)26-20(16-18-10-6-4-7-11-18)23(29)27-15-14-22(28)21(27)17-19-12-8-5-9-13-19/h4-13,20-21H,14-17H2,1-3H3,(H,26,30)/t20-,21+/m0/s1. The number of nitrogens with one attached hydrogen (secondary N) is 1. The van der Waals surface area contributed by atoms with Crippen LogP contribution in [0.1, 0.15) is 38.3 Å². The molecular weight excluding hydrogens is 392 g/mol. The maximum Gasteiger partial charge on any atom is 0.408 e. The Morgan fingerprint density at radius 2 is 1.61 bits per heavy atom. The molecule has 1 heterocycles. The number of ether oxygens (including phenoxy) is 1. The van der Waals surface area contributed by atoms with Crippen LogP contribution in [0.5, 0.6) is 0 Å². The molecule has 1 aliphatic rings. The van der Waals surface area contributed by atoms with E-state index >= 15 is 0 Å². The van der Waals surface area contributed by atoms with Crippen LogP contribution in [0.2, 0.25) is 0 Å². The van der Waals surface area contributed by atoms with Crippen LogP contribution >= 0.6 is 0 Å². The molecule has 1 N–H and O–H groups in total. The summed E-state index contributed by atoms with van der Waals surface area (Å²) in [6.07, 6.45) is 0.470. The molecule has 0 spiro atoms. The zero-order valence-electron chi connectivity index (χ0n) is 18.3. The Bertz CT molecular complexity index is 906. The van der Waals surface area contributed by atoms with Gasteiger partial charge in [-0.15, -0.1) is 0 Å². The average molecular weight is 423 g/mol. The van der Waals surface area contributed by atoms with Crippen molar-refractivity contribution in [2.24, 2.45) is 0 Å². The molecule has 3 rings (SSSR count). The SMILES string of the molecule is CC(C)(C)OC(=O)N[C@@H](Cc1ccccc1)C(=O)N1CCC(=O)[C@H]1Cc1ccccc1. The fraction of sp³-hybridized carbons (Fsp3) is 0.400. The third kappa shape index (κ3) is 6.41. The Morgan fingerprint density at radius 3 is 2.19 bits per heavy atom. The van der Waals surface area contributed by atoms with Crippen molar-refractivity contribution in [2.45, 2.75) is 57.7 Å². The fourth-order valence-corrected chi connectivity index (χ4v) is 3.75. The summed E-state index contributed by atoms with van der Waals surface area (Å²) in [7, 11) is 0. The molecule has 2 amide bonds. The molecule has 0 saturated carbocycles. The van der Waals surface area contributed by atoms with Crippen molar-refractivity contribution in [3.63, 3.8) is 0 Å². The van der Waals surface area contributed by atoms with E-state index in [1.165, 1.54) is 0 Å². The van der Waals surface area contributed by atoms with E-state index in [1.54, 1.807) is 25.7 Å². The number of amides is 2. The first-order valence-corrected chi connectivity index (χ1v) is 10.6. The van der Waals surface area contributed by atoms with Gasteiger partial charge in [0.2, 0.25) is 5.91 Å². The highest BCUT2D eigenvalue weighted by Crippen LogP contribution is 2.21. The quantitative estimate of drug-likeness (QED) is 0.773. The van der Waals surface area contributed by atoms with E-state index in [9.17, 15) is 14.4 Å². The van der Waals surface area contributed by atoms with Crippen LogP contribution in [0.15, 0.2) is 60.7 Å². The molecule has 1 fully saturated rings. The highest BCUT2D eigenvalue weighted by Gasteiger charge is 2.39. The number of carbonyl (C=O) groups excluding carboxylic acids is 3. The Morgan fingerprint density at radius 1 is 1.03 bits per heavy atom. The second-order valence-corrected chi connectivity index (χ2v) is 8.84. The van der Waals surface area contributed by atoms with Gasteiger partial charge >= 0.3 is 6.09 Å². The van der Waals surface area contributed by atoms with Crippen LogP contribution < -0.4 is 5.32 Å². The lowest BCUT2D eigenvalue weighted by atomic mass is 10.0. The van der Waals surface area contributed by atoms with E-state index in [-0.39, 0.29) is 11.7 Å². The van der Waals surface area contributed by atoms with Crippen LogP contribution in [0.25, 0.3) is 0 Å². The number of nitrogens with zero attached hydrogens (tertiary/aromatic N) is 1. The zero-order chi connectivity index (χ0) is 22.4. The van der Waals surface area contributed by atoms with Gasteiger partial charge in [0.25, 0.3) is 0 Å². The van der Waals surface area contributed by atoms with Gasteiger partial charge in [-0.3, -0.25) is 9.59 Å². The van der Waals surface area contributed by atoms with E-state index in [2.05, 4.69) is 5.32 Å². The fourth-order valence-electron chi connectivity index (χ4n) is 3.75. The molecule has 164 valence electrons. The van der Waals surface area contributed by atoms with Gasteiger partial charge in [0.05, 0.1) is 6.04 Å². The second kappa shape index (κ2) is 9.77. The Kier molecular flexibility index (Phi) is 7.10. The molecule has 0 unspecified atom stereocenters. The van der Waals surface area contributed by atoms with Gasteiger partial charge in [-0.05, 0) is 38.3 Å². The number of alkyl carbamates (subject to hydrolysis) is 1. The maximum absolute atomic E-state index is 13.5. The predicted octanol–water partition coefficient (Wildman–Crippen LogP) is 3.54. The molecule has 2 atom stereocenters. The van der Waals surface area contributed by atoms with Gasteiger partial charge in [-0.2, -0.15) is 0 Å². The smallest absolute Gasteiger partial charge is 0.408 e. The summed E-state index contributed by atoms with van der Waals surface area (Å²) in [5, 5.41) is 2.73. The van der Waals surface area contributed by atoms with Crippen molar-refractivity contribution in [2.75, 3.05) is 6.54 Å². The van der Waals surface area contributed by atoms with Gasteiger partial charge in [0, 0.05) is 19.4 Å². The monoisotopic (exact) mass is 422 g/mol. The minimum absolute atomic E-state index is 0.0490. The molecule has 0 aromatic heterocycles. The van der Waals surface area contributed by atoms with Crippen molar-refractivity contribution in [3.8, 4) is 0 Å². The van der Waals surface area contributed by atoms with Crippen molar-refractivity contribution in [1.82, 2.24) is 10.2 Å². The van der Waals surface area contributed by atoms with E-state index in [4.69, 9.17) is 4.74 Å². The summed E-state index contributed by atoms with van der Waals surface area (Å²) in [5.74, 6) is -0.213. The highest BCUT2D eigenvalue weighted by atomic mass is 16.6. The van der Waals surface area contributed by atoms with Crippen molar-refractivity contribution in [3.05, 3.63) is 71.8 Å². The molecule has 1 aliphatic heterocycles. The maximum atomic E-state index is 13.5. The lowest BCUT2D eigenvalue weighted by Gasteiger charge is -2.29. The molecule has 0 radical (unpaired) electrons. The van der Waals surface area contributed by atoms with Crippen molar-refractivity contribution < 1.29 is 19.1 Å². The number of hydrogen-bond donors (Lipinski definition) is 1. The van der Waals surface area contributed by atoms with Crippen LogP contribution in [-0.2, 0) is 27.2 Å². The van der Waals surface area contributed by atoms with Crippen LogP contribution in [0.4, 0.5) is 4.79 Å². The number of Topliss-reactive ketones (excluding diaryl/α,β-unsaturated/α-hetero) is 1. The van der Waals surface area contributed by atoms with Gasteiger partial charge < -0.3 is 15.0 Å². The van der Waals surface area contributed by atoms with Gasteiger partial charge in [0.15, 0.2) is 5.78 Å². The van der Waals surface area contributed by atoms with E-state index in [1.807, 2.05) is 60.7 Å². The Hall–Kier alpha value is -3.15. The average Bonchev–Trinajstić information content (AvgIpc) is 3.07. The third-order valence-corrected chi connectivity index (χ3v) is 5.17. The van der Waals surface area contributed by atoms with Gasteiger partial charge in [-0.1, -0.05) is 60.7 Å². The number of rotatable bonds is 6. The van der Waals surface area contributed by atoms with Gasteiger partial charge in [0.1, 0.15) is 11.6 Å². The highest BCUT2D eigenvalue weighted by molar-refractivity contribution is 5.95. The first-order chi connectivity index (χ1) is 14.7. The first-order valence-electron chi connectivity index (χ1n) is 10.6. The molecule has 0 bridgehead atoms. The van der Waals surface area contributed by atoms with Crippen molar-refractivity contribution >= 4 is 17.8 Å². The summed E-state index contributed by atoms with van der Waals surface area (Å²) in [4.78, 5) is 40.1.